The molecule has 188 valence electrons. The molecule has 1 amide bonds. The number of fused-ring (bicyclic) bond motifs is 1. The molecule has 1 heterocycles. The van der Waals surface area contributed by atoms with Gasteiger partial charge in [-0.25, -0.2) is 0 Å². The molecular formula is C28H30N2O6. The number of nitrogens with one attached hydrogen (secondary N) is 2. The molecule has 0 aliphatic heterocycles. The lowest BCUT2D eigenvalue weighted by Gasteiger charge is -2.19. The summed E-state index contributed by atoms with van der Waals surface area (Å²) in [6, 6.07) is 16.2. The molecular weight excluding hydrogens is 460 g/mol. The Morgan fingerprint density at radius 2 is 1.75 bits per heavy atom. The highest BCUT2D eigenvalue weighted by Crippen LogP contribution is 2.41. The zero-order valence-electron chi connectivity index (χ0n) is 20.5. The van der Waals surface area contributed by atoms with Crippen molar-refractivity contribution in [3.05, 3.63) is 71.9 Å². The Morgan fingerprint density at radius 1 is 0.972 bits per heavy atom. The van der Waals surface area contributed by atoms with E-state index in [-0.39, 0.29) is 30.1 Å². The van der Waals surface area contributed by atoms with E-state index >= 15 is 0 Å². The summed E-state index contributed by atoms with van der Waals surface area (Å²) in [6.07, 6.45) is 2.89. The predicted molar refractivity (Wildman–Crippen MR) is 138 cm³/mol. The number of rotatable bonds is 10. The average Bonchev–Trinajstić information content (AvgIpc) is 3.30. The lowest BCUT2D eigenvalue weighted by molar-refractivity contribution is 0.0927. The second-order valence-corrected chi connectivity index (χ2v) is 8.39. The topological polar surface area (TPSA) is 113 Å². The van der Waals surface area contributed by atoms with E-state index < -0.39 is 0 Å². The molecule has 1 aromatic heterocycles. The number of carbonyl (C=O) groups excluding carboxylic acids is 1. The molecule has 4 rings (SSSR count). The fourth-order valence-electron chi connectivity index (χ4n) is 4.39. The summed E-state index contributed by atoms with van der Waals surface area (Å²) in [7, 11) is 4.44. The van der Waals surface area contributed by atoms with Crippen LogP contribution in [0, 0.1) is 0 Å². The Kier molecular flexibility index (Phi) is 7.65. The molecule has 4 aromatic rings. The Labute approximate surface area is 209 Å². The zero-order chi connectivity index (χ0) is 25.7. The number of amides is 1. The van der Waals surface area contributed by atoms with Gasteiger partial charge in [-0.05, 0) is 59.9 Å². The van der Waals surface area contributed by atoms with Crippen LogP contribution in [0.3, 0.4) is 0 Å². The maximum absolute atomic E-state index is 13.4. The highest BCUT2D eigenvalue weighted by Gasteiger charge is 2.20. The summed E-state index contributed by atoms with van der Waals surface area (Å²) < 4.78 is 16.0. The third-order valence-corrected chi connectivity index (χ3v) is 6.19. The van der Waals surface area contributed by atoms with Gasteiger partial charge in [-0.2, -0.15) is 0 Å². The smallest absolute Gasteiger partial charge is 0.255 e. The van der Waals surface area contributed by atoms with Crippen molar-refractivity contribution in [1.29, 1.82) is 0 Å². The fraction of sp³-hybridized carbons (Fsp3) is 0.250. The van der Waals surface area contributed by atoms with Crippen molar-refractivity contribution in [3.63, 3.8) is 0 Å². The largest absolute Gasteiger partial charge is 0.504 e. The summed E-state index contributed by atoms with van der Waals surface area (Å²) in [5, 5.41) is 24.2. The van der Waals surface area contributed by atoms with Gasteiger partial charge in [0.2, 0.25) is 5.75 Å². The van der Waals surface area contributed by atoms with Gasteiger partial charge in [0.1, 0.15) is 5.75 Å². The number of hydrogen-bond acceptors (Lipinski definition) is 6. The van der Waals surface area contributed by atoms with Gasteiger partial charge in [-0.1, -0.05) is 24.3 Å². The summed E-state index contributed by atoms with van der Waals surface area (Å²) >= 11 is 0. The van der Waals surface area contributed by atoms with Crippen molar-refractivity contribution in [2.45, 2.75) is 18.9 Å². The molecule has 0 unspecified atom stereocenters. The quantitative estimate of drug-likeness (QED) is 0.264. The third kappa shape index (κ3) is 5.08. The summed E-state index contributed by atoms with van der Waals surface area (Å²) in [4.78, 5) is 16.7. The van der Waals surface area contributed by atoms with Crippen LogP contribution in [-0.4, -0.2) is 55.1 Å². The molecule has 0 saturated carbocycles. The summed E-state index contributed by atoms with van der Waals surface area (Å²) in [5.74, 6) is 0.621. The molecule has 36 heavy (non-hydrogen) atoms. The number of methoxy groups -OCH3 is 3. The van der Waals surface area contributed by atoms with E-state index in [1.165, 1.54) is 21.3 Å². The van der Waals surface area contributed by atoms with Gasteiger partial charge >= 0.3 is 0 Å². The second-order valence-electron chi connectivity index (χ2n) is 8.39. The van der Waals surface area contributed by atoms with E-state index in [0.717, 1.165) is 16.5 Å². The number of hydrogen-bond donors (Lipinski definition) is 4. The lowest BCUT2D eigenvalue weighted by atomic mass is 9.99. The zero-order valence-corrected chi connectivity index (χ0v) is 20.5. The first kappa shape index (κ1) is 24.9. The van der Waals surface area contributed by atoms with Gasteiger partial charge in [0, 0.05) is 29.7 Å². The normalized spacial score (nSPS) is 11.8. The lowest BCUT2D eigenvalue weighted by Crippen LogP contribution is -2.37. The van der Waals surface area contributed by atoms with Crippen LogP contribution in [0.5, 0.6) is 23.0 Å². The van der Waals surface area contributed by atoms with Gasteiger partial charge in [-0.3, -0.25) is 4.79 Å². The molecule has 0 spiro atoms. The summed E-state index contributed by atoms with van der Waals surface area (Å²) in [5.41, 5.74) is 3.76. The first-order valence-electron chi connectivity index (χ1n) is 11.6. The van der Waals surface area contributed by atoms with E-state index in [9.17, 15) is 15.0 Å². The van der Waals surface area contributed by atoms with Crippen LogP contribution < -0.4 is 19.5 Å². The number of aliphatic hydroxyl groups excluding tert-OH is 1. The van der Waals surface area contributed by atoms with Crippen LogP contribution >= 0.6 is 0 Å². The Bertz CT molecular complexity index is 1360. The number of phenols is 1. The van der Waals surface area contributed by atoms with Crippen LogP contribution in [0.1, 0.15) is 22.3 Å². The van der Waals surface area contributed by atoms with E-state index in [1.54, 1.807) is 30.3 Å². The molecule has 3 aromatic carbocycles. The fourth-order valence-corrected chi connectivity index (χ4v) is 4.39. The van der Waals surface area contributed by atoms with Crippen molar-refractivity contribution >= 4 is 16.8 Å². The molecule has 0 fully saturated rings. The molecule has 0 bridgehead atoms. The number of aliphatic hydroxyl groups is 1. The molecule has 1 atom stereocenters. The summed E-state index contributed by atoms with van der Waals surface area (Å²) in [6.45, 7) is -0.0601. The number of phenolic OH excluding ortho intramolecular Hbond substituents is 1. The van der Waals surface area contributed by atoms with Crippen LogP contribution in [0.15, 0.2) is 60.8 Å². The number of H-pyrrole nitrogens is 1. The molecule has 4 N–H and O–H groups in total. The predicted octanol–water partition coefficient (Wildman–Crippen LogP) is 4.29. The molecule has 0 aliphatic rings. The minimum Gasteiger partial charge on any atom is -0.504 e. The van der Waals surface area contributed by atoms with Crippen LogP contribution in [0.2, 0.25) is 0 Å². The Balaban J connectivity index is 1.63. The number of aromatic amines is 1. The second kappa shape index (κ2) is 11.0. The number of para-hydroxylation sites is 1. The van der Waals surface area contributed by atoms with Crippen molar-refractivity contribution < 1.29 is 29.2 Å². The highest BCUT2D eigenvalue weighted by molar-refractivity contribution is 5.98. The van der Waals surface area contributed by atoms with Gasteiger partial charge < -0.3 is 34.7 Å². The maximum Gasteiger partial charge on any atom is 0.255 e. The maximum atomic E-state index is 13.4. The highest BCUT2D eigenvalue weighted by atomic mass is 16.5. The van der Waals surface area contributed by atoms with E-state index in [1.807, 2.05) is 30.5 Å². The average molecular weight is 491 g/mol. The Morgan fingerprint density at radius 3 is 2.47 bits per heavy atom. The van der Waals surface area contributed by atoms with Gasteiger partial charge in [0.05, 0.1) is 26.9 Å². The van der Waals surface area contributed by atoms with Crippen molar-refractivity contribution in [1.82, 2.24) is 10.3 Å². The third-order valence-electron chi connectivity index (χ3n) is 6.19. The van der Waals surface area contributed by atoms with Gasteiger partial charge in [0.15, 0.2) is 11.5 Å². The molecule has 0 aliphatic carbocycles. The Hall–Kier alpha value is -4.17. The first-order chi connectivity index (χ1) is 17.5. The number of benzene rings is 3. The SMILES string of the molecule is COc1ccc(-c2cc(O)c(OC)c(OC)c2)cc1C(=O)N[C@@H](CCO)Cc1c[nH]c2ccccc12. The van der Waals surface area contributed by atoms with Crippen molar-refractivity contribution in [2.24, 2.45) is 0 Å². The number of aromatic hydroxyl groups is 1. The first-order valence-corrected chi connectivity index (χ1v) is 11.6. The van der Waals surface area contributed by atoms with Crippen LogP contribution in [0.25, 0.3) is 22.0 Å². The van der Waals surface area contributed by atoms with E-state index in [2.05, 4.69) is 10.3 Å². The molecule has 0 saturated heterocycles. The number of aromatic nitrogens is 1. The van der Waals surface area contributed by atoms with Crippen LogP contribution in [0.4, 0.5) is 0 Å². The van der Waals surface area contributed by atoms with Crippen molar-refractivity contribution in [3.8, 4) is 34.1 Å². The minimum atomic E-state index is -0.323. The van der Waals surface area contributed by atoms with Crippen molar-refractivity contribution in [2.75, 3.05) is 27.9 Å². The number of ether oxygens (including phenoxy) is 3. The van der Waals surface area contributed by atoms with Crippen LogP contribution in [-0.2, 0) is 6.42 Å². The molecule has 8 nitrogen and oxygen atoms in total. The standard InChI is InChI=1S/C28H30N2O6/c1-34-25-9-8-17(18-14-24(32)27(36-3)26(15-18)35-2)13-22(25)28(33)30-20(10-11-31)12-19-16-29-23-7-5-4-6-21(19)23/h4-9,13-16,20,29,31-32H,10-12H2,1-3H3,(H,30,33)/t20-/m0/s1. The van der Waals surface area contributed by atoms with Gasteiger partial charge in [0.25, 0.3) is 5.91 Å². The monoisotopic (exact) mass is 490 g/mol. The minimum absolute atomic E-state index is 0.0601. The molecule has 8 heteroatoms. The van der Waals surface area contributed by atoms with E-state index in [0.29, 0.717) is 41.0 Å². The van der Waals surface area contributed by atoms with Gasteiger partial charge in [-0.15, -0.1) is 0 Å². The van der Waals surface area contributed by atoms with E-state index in [4.69, 9.17) is 14.2 Å². The number of carbonyl (C=O) groups is 1. The molecule has 0 radical (unpaired) electrons.